The molecule has 1 aliphatic heterocycles. The van der Waals surface area contributed by atoms with Crippen LogP contribution in [0.25, 0.3) is 10.9 Å². The number of benzene rings is 2. The zero-order valence-corrected chi connectivity index (χ0v) is 16.7. The number of para-hydroxylation sites is 1. The zero-order chi connectivity index (χ0) is 20.2. The lowest BCUT2D eigenvalue weighted by Gasteiger charge is -2.33. The van der Waals surface area contributed by atoms with E-state index < -0.39 is 0 Å². The Hall–Kier alpha value is -2.92. The number of carbonyl (C=O) groups excluding carboxylic acids is 2. The van der Waals surface area contributed by atoms with E-state index in [0.29, 0.717) is 6.61 Å². The Morgan fingerprint density at radius 2 is 1.76 bits per heavy atom. The van der Waals surface area contributed by atoms with Crippen LogP contribution in [0.2, 0.25) is 0 Å². The van der Waals surface area contributed by atoms with E-state index >= 15 is 0 Å². The number of hydrogen-bond acceptors (Lipinski definition) is 3. The second-order valence-corrected chi connectivity index (χ2v) is 7.64. The van der Waals surface area contributed by atoms with Crippen molar-refractivity contribution in [1.82, 2.24) is 4.98 Å². The predicted octanol–water partition coefficient (Wildman–Crippen LogP) is 2.95. The smallest absolute Gasteiger partial charge is 0.309 e. The standard InChI is InChI=1S/C24H26N2O3/c1-2-29-24(28)18-12-14-26(15-13-18)22(17-8-4-3-5-9-17)23(27)20-16-25-21-11-7-6-10-19(20)21/h3-11,16,18,22,25H,2,12-15H2,1H3/p+1/t22-/m1/s1. The second-order valence-electron chi connectivity index (χ2n) is 7.64. The highest BCUT2D eigenvalue weighted by Crippen LogP contribution is 2.24. The Labute approximate surface area is 170 Å². The number of piperidine rings is 1. The molecular weight excluding hydrogens is 364 g/mol. The van der Waals surface area contributed by atoms with Crippen LogP contribution in [0, 0.1) is 5.92 Å². The van der Waals surface area contributed by atoms with Gasteiger partial charge in [0.05, 0.1) is 25.6 Å². The monoisotopic (exact) mass is 391 g/mol. The second kappa shape index (κ2) is 8.62. The first-order valence-corrected chi connectivity index (χ1v) is 10.4. The molecule has 1 aromatic heterocycles. The summed E-state index contributed by atoms with van der Waals surface area (Å²) in [5, 5.41) is 0.958. The zero-order valence-electron chi connectivity index (χ0n) is 16.7. The molecule has 5 nitrogen and oxygen atoms in total. The summed E-state index contributed by atoms with van der Waals surface area (Å²) < 4.78 is 5.20. The molecule has 1 aliphatic rings. The minimum absolute atomic E-state index is 0.0571. The molecule has 1 atom stereocenters. The van der Waals surface area contributed by atoms with Crippen LogP contribution < -0.4 is 4.90 Å². The van der Waals surface area contributed by atoms with Crippen LogP contribution in [0.5, 0.6) is 0 Å². The van der Waals surface area contributed by atoms with Gasteiger partial charge in [-0.2, -0.15) is 0 Å². The lowest BCUT2D eigenvalue weighted by molar-refractivity contribution is -0.926. The molecule has 2 heterocycles. The van der Waals surface area contributed by atoms with Gasteiger partial charge in [0.1, 0.15) is 0 Å². The van der Waals surface area contributed by atoms with Crippen LogP contribution >= 0.6 is 0 Å². The van der Waals surface area contributed by atoms with Gasteiger partial charge in [-0.05, 0) is 13.0 Å². The summed E-state index contributed by atoms with van der Waals surface area (Å²) in [5.74, 6) is -0.0395. The molecule has 2 N–H and O–H groups in total. The van der Waals surface area contributed by atoms with Crippen molar-refractivity contribution in [2.24, 2.45) is 5.92 Å². The molecule has 29 heavy (non-hydrogen) atoms. The summed E-state index contributed by atoms with van der Waals surface area (Å²) in [4.78, 5) is 30.3. The molecule has 0 unspecified atom stereocenters. The van der Waals surface area contributed by atoms with Crippen LogP contribution in [-0.4, -0.2) is 36.4 Å². The molecule has 1 fully saturated rings. The molecule has 0 amide bonds. The average molecular weight is 391 g/mol. The molecule has 0 aliphatic carbocycles. The van der Waals surface area contributed by atoms with Crippen LogP contribution in [0.1, 0.15) is 41.7 Å². The molecule has 4 rings (SSSR count). The van der Waals surface area contributed by atoms with Gasteiger partial charge in [0, 0.05) is 41.1 Å². The number of aromatic nitrogens is 1. The molecule has 0 bridgehead atoms. The van der Waals surface area contributed by atoms with Crippen molar-refractivity contribution in [2.45, 2.75) is 25.8 Å². The van der Waals surface area contributed by atoms with E-state index in [2.05, 4.69) is 4.98 Å². The fourth-order valence-electron chi connectivity index (χ4n) is 4.42. The van der Waals surface area contributed by atoms with E-state index in [1.165, 1.54) is 4.90 Å². The summed E-state index contributed by atoms with van der Waals surface area (Å²) in [5.41, 5.74) is 2.72. The van der Waals surface area contributed by atoms with Gasteiger partial charge >= 0.3 is 5.97 Å². The van der Waals surface area contributed by atoms with Gasteiger partial charge in [0.25, 0.3) is 0 Å². The number of quaternary nitrogens is 1. The van der Waals surface area contributed by atoms with E-state index in [4.69, 9.17) is 4.74 Å². The van der Waals surface area contributed by atoms with Crippen LogP contribution in [0.15, 0.2) is 60.8 Å². The van der Waals surface area contributed by atoms with Crippen molar-refractivity contribution < 1.29 is 19.2 Å². The van der Waals surface area contributed by atoms with Gasteiger partial charge in [-0.25, -0.2) is 0 Å². The van der Waals surface area contributed by atoms with E-state index in [1.807, 2.05) is 67.7 Å². The molecule has 3 aromatic rings. The minimum Gasteiger partial charge on any atom is -0.466 e. The topological polar surface area (TPSA) is 63.6 Å². The average Bonchev–Trinajstić information content (AvgIpc) is 3.19. The number of nitrogens with one attached hydrogen (secondary N) is 2. The highest BCUT2D eigenvalue weighted by molar-refractivity contribution is 6.10. The molecule has 5 heteroatoms. The van der Waals surface area contributed by atoms with Gasteiger partial charge in [-0.1, -0.05) is 48.5 Å². The summed E-state index contributed by atoms with van der Waals surface area (Å²) in [6.45, 7) is 3.80. The maximum absolute atomic E-state index is 13.7. The molecule has 150 valence electrons. The Morgan fingerprint density at radius 1 is 1.07 bits per heavy atom. The number of esters is 1. The highest BCUT2D eigenvalue weighted by atomic mass is 16.5. The molecule has 0 saturated carbocycles. The van der Waals surface area contributed by atoms with E-state index in [9.17, 15) is 9.59 Å². The van der Waals surface area contributed by atoms with E-state index in [-0.39, 0.29) is 23.7 Å². The van der Waals surface area contributed by atoms with Crippen molar-refractivity contribution in [1.29, 1.82) is 0 Å². The summed E-state index contributed by atoms with van der Waals surface area (Å²) in [6.07, 6.45) is 3.32. The minimum atomic E-state index is -0.279. The normalized spacial score (nSPS) is 20.3. The quantitative estimate of drug-likeness (QED) is 0.502. The number of likely N-dealkylation sites (tertiary alicyclic amines) is 1. The predicted molar refractivity (Wildman–Crippen MR) is 112 cm³/mol. The highest BCUT2D eigenvalue weighted by Gasteiger charge is 2.37. The summed E-state index contributed by atoms with van der Waals surface area (Å²) >= 11 is 0. The Kier molecular flexibility index (Phi) is 5.76. The Bertz CT molecular complexity index is 988. The number of aromatic amines is 1. The fraction of sp³-hybridized carbons (Fsp3) is 0.333. The number of ether oxygens (including phenoxy) is 1. The molecular formula is C24H27N2O3+. The lowest BCUT2D eigenvalue weighted by atomic mass is 9.91. The maximum Gasteiger partial charge on any atom is 0.309 e. The van der Waals surface area contributed by atoms with Crippen molar-refractivity contribution in [3.63, 3.8) is 0 Å². The number of rotatable bonds is 6. The van der Waals surface area contributed by atoms with Crippen molar-refractivity contribution >= 4 is 22.7 Å². The van der Waals surface area contributed by atoms with Crippen LogP contribution in [0.4, 0.5) is 0 Å². The van der Waals surface area contributed by atoms with Gasteiger partial charge in [-0.3, -0.25) is 9.59 Å². The molecule has 2 aromatic carbocycles. The number of fused-ring (bicyclic) bond motifs is 1. The lowest BCUT2D eigenvalue weighted by Crippen LogP contribution is -3.14. The van der Waals surface area contributed by atoms with Crippen molar-refractivity contribution in [2.75, 3.05) is 19.7 Å². The number of H-pyrrole nitrogens is 1. The third-order valence-corrected chi connectivity index (χ3v) is 5.91. The number of ketones is 1. The maximum atomic E-state index is 13.7. The number of hydrogen-bond donors (Lipinski definition) is 2. The summed E-state index contributed by atoms with van der Waals surface area (Å²) in [6, 6.07) is 17.6. The molecule has 1 saturated heterocycles. The number of carbonyl (C=O) groups is 2. The van der Waals surface area contributed by atoms with Gasteiger partial charge in [0.15, 0.2) is 6.04 Å². The molecule has 0 spiro atoms. The van der Waals surface area contributed by atoms with Gasteiger partial charge < -0.3 is 14.6 Å². The first-order chi connectivity index (χ1) is 14.2. The first kappa shape index (κ1) is 19.4. The SMILES string of the molecule is CCOC(=O)C1CC[NH+]([C@@H](C(=O)c2c[nH]c3ccccc23)c2ccccc2)CC1. The third kappa shape index (κ3) is 3.96. The van der Waals surface area contributed by atoms with Crippen molar-refractivity contribution in [3.8, 4) is 0 Å². The van der Waals surface area contributed by atoms with Crippen LogP contribution in [0.3, 0.4) is 0 Å². The van der Waals surface area contributed by atoms with E-state index in [1.54, 1.807) is 0 Å². The third-order valence-electron chi connectivity index (χ3n) is 5.91. The Morgan fingerprint density at radius 3 is 2.48 bits per heavy atom. The Balaban J connectivity index is 1.62. The largest absolute Gasteiger partial charge is 0.466 e. The van der Waals surface area contributed by atoms with Crippen molar-refractivity contribution in [3.05, 3.63) is 71.9 Å². The molecule has 0 radical (unpaired) electrons. The first-order valence-electron chi connectivity index (χ1n) is 10.4. The summed E-state index contributed by atoms with van der Waals surface area (Å²) in [7, 11) is 0. The van der Waals surface area contributed by atoms with E-state index in [0.717, 1.165) is 48.0 Å². The van der Waals surface area contributed by atoms with Gasteiger partial charge in [-0.15, -0.1) is 0 Å². The fourth-order valence-corrected chi connectivity index (χ4v) is 4.42. The number of Topliss-reactive ketones (excluding diaryl/α,β-unsaturated/α-hetero) is 1. The van der Waals surface area contributed by atoms with Crippen LogP contribution in [-0.2, 0) is 9.53 Å². The van der Waals surface area contributed by atoms with Gasteiger partial charge in [0.2, 0.25) is 5.78 Å².